The molecule has 21 heavy (non-hydrogen) atoms. The van der Waals surface area contributed by atoms with E-state index in [9.17, 15) is 4.79 Å². The van der Waals surface area contributed by atoms with Gasteiger partial charge in [0.15, 0.2) is 12.1 Å². The highest BCUT2D eigenvalue weighted by Gasteiger charge is 2.16. The Hall–Kier alpha value is -2.62. The molecular weight excluding hydrogens is 262 g/mol. The quantitative estimate of drug-likeness (QED) is 0.686. The average Bonchev–Trinajstić information content (AvgIpc) is 2.92. The summed E-state index contributed by atoms with van der Waals surface area (Å²) in [5.41, 5.74) is 3.63. The van der Waals surface area contributed by atoms with Crippen molar-refractivity contribution in [3.8, 4) is 0 Å². The van der Waals surface area contributed by atoms with E-state index in [0.717, 1.165) is 24.0 Å². The predicted molar refractivity (Wildman–Crippen MR) is 84.5 cm³/mol. The van der Waals surface area contributed by atoms with Crippen LogP contribution in [0.4, 0.5) is 11.5 Å². The minimum atomic E-state index is 0.563. The highest BCUT2D eigenvalue weighted by molar-refractivity contribution is 5.85. The fourth-order valence-electron chi connectivity index (χ4n) is 2.44. The fourth-order valence-corrected chi connectivity index (χ4v) is 2.44. The van der Waals surface area contributed by atoms with E-state index in [1.807, 2.05) is 36.3 Å². The van der Waals surface area contributed by atoms with Gasteiger partial charge >= 0.3 is 0 Å². The molecule has 3 rings (SSSR count). The number of hydrogen-bond acceptors (Lipinski definition) is 3. The molecule has 2 aromatic heterocycles. The average molecular weight is 279 g/mol. The van der Waals surface area contributed by atoms with E-state index >= 15 is 0 Å². The summed E-state index contributed by atoms with van der Waals surface area (Å²) in [4.78, 5) is 18.0. The molecule has 0 saturated heterocycles. The maximum Gasteiger partial charge on any atom is 0.170 e. The molecule has 3 aromatic rings. The summed E-state index contributed by atoms with van der Waals surface area (Å²) in [6.45, 7) is 2.13. The molecule has 1 aromatic carbocycles. The molecule has 0 aliphatic rings. The summed E-state index contributed by atoms with van der Waals surface area (Å²) in [7, 11) is 1.93. The number of nitrogens with zero attached hydrogens (tertiary/aromatic N) is 3. The molecule has 0 aliphatic carbocycles. The van der Waals surface area contributed by atoms with Gasteiger partial charge in [-0.15, -0.1) is 0 Å². The van der Waals surface area contributed by atoms with Crippen molar-refractivity contribution in [3.63, 3.8) is 0 Å². The zero-order valence-electron chi connectivity index (χ0n) is 12.2. The van der Waals surface area contributed by atoms with Gasteiger partial charge in [-0.05, 0) is 36.2 Å². The van der Waals surface area contributed by atoms with E-state index in [-0.39, 0.29) is 0 Å². The van der Waals surface area contributed by atoms with Crippen LogP contribution in [0.2, 0.25) is 0 Å². The minimum absolute atomic E-state index is 0.563. The van der Waals surface area contributed by atoms with Crippen LogP contribution in [-0.2, 0) is 6.42 Å². The van der Waals surface area contributed by atoms with Crippen molar-refractivity contribution in [2.45, 2.75) is 13.3 Å². The largest absolute Gasteiger partial charge is 0.328 e. The number of fused-ring (bicyclic) bond motifs is 1. The molecule has 106 valence electrons. The zero-order valence-corrected chi connectivity index (χ0v) is 12.2. The van der Waals surface area contributed by atoms with Crippen LogP contribution >= 0.6 is 0 Å². The Bertz CT molecular complexity index is 774. The molecule has 0 N–H and O–H groups in total. The summed E-state index contributed by atoms with van der Waals surface area (Å²) >= 11 is 0. The number of aldehydes is 1. The van der Waals surface area contributed by atoms with Gasteiger partial charge < -0.3 is 4.90 Å². The third-order valence-electron chi connectivity index (χ3n) is 3.71. The van der Waals surface area contributed by atoms with Gasteiger partial charge in [-0.3, -0.25) is 9.20 Å². The molecular formula is C17H17N3O. The zero-order chi connectivity index (χ0) is 14.8. The lowest BCUT2D eigenvalue weighted by molar-refractivity contribution is 0.111. The molecule has 4 heteroatoms. The van der Waals surface area contributed by atoms with Crippen molar-refractivity contribution in [2.75, 3.05) is 11.9 Å². The van der Waals surface area contributed by atoms with E-state index in [1.165, 1.54) is 5.56 Å². The summed E-state index contributed by atoms with van der Waals surface area (Å²) < 4.78 is 1.80. The van der Waals surface area contributed by atoms with Crippen LogP contribution in [0.3, 0.4) is 0 Å². The Morgan fingerprint density at radius 3 is 2.62 bits per heavy atom. The fraction of sp³-hybridized carbons (Fsp3) is 0.176. The number of rotatable bonds is 4. The van der Waals surface area contributed by atoms with Crippen molar-refractivity contribution in [3.05, 3.63) is 59.9 Å². The van der Waals surface area contributed by atoms with Gasteiger partial charge in [0.2, 0.25) is 0 Å². The second-order valence-electron chi connectivity index (χ2n) is 4.95. The van der Waals surface area contributed by atoms with Gasteiger partial charge in [0.05, 0.1) is 0 Å². The van der Waals surface area contributed by atoms with Crippen LogP contribution in [0.15, 0.2) is 48.7 Å². The normalized spacial score (nSPS) is 10.8. The van der Waals surface area contributed by atoms with Gasteiger partial charge in [-0.2, -0.15) is 0 Å². The van der Waals surface area contributed by atoms with Crippen LogP contribution in [0.1, 0.15) is 23.0 Å². The Kier molecular flexibility index (Phi) is 3.44. The molecule has 0 atom stereocenters. The molecule has 0 unspecified atom stereocenters. The molecule has 4 nitrogen and oxygen atoms in total. The summed E-state index contributed by atoms with van der Waals surface area (Å²) in [6, 6.07) is 14.0. The molecule has 0 spiro atoms. The number of anilines is 2. The Morgan fingerprint density at radius 1 is 1.19 bits per heavy atom. The smallest absolute Gasteiger partial charge is 0.170 e. The second kappa shape index (κ2) is 5.40. The first-order valence-corrected chi connectivity index (χ1v) is 6.99. The summed E-state index contributed by atoms with van der Waals surface area (Å²) in [6.07, 6.45) is 3.72. The van der Waals surface area contributed by atoms with Crippen LogP contribution in [0.25, 0.3) is 5.65 Å². The molecule has 0 fully saturated rings. The Balaban J connectivity index is 2.07. The van der Waals surface area contributed by atoms with E-state index in [4.69, 9.17) is 0 Å². The summed E-state index contributed by atoms with van der Waals surface area (Å²) in [5.74, 6) is 0.667. The minimum Gasteiger partial charge on any atom is -0.328 e. The molecule has 0 saturated carbocycles. The van der Waals surface area contributed by atoms with E-state index < -0.39 is 0 Å². The first-order chi connectivity index (χ1) is 10.2. The SMILES string of the molecule is CCc1ccc(N(C)c2nc3ccccn3c2C=O)cc1. The molecule has 0 radical (unpaired) electrons. The van der Waals surface area contributed by atoms with E-state index in [2.05, 4.69) is 36.2 Å². The Labute approximate surface area is 123 Å². The third-order valence-corrected chi connectivity index (χ3v) is 3.71. The Morgan fingerprint density at radius 2 is 1.95 bits per heavy atom. The topological polar surface area (TPSA) is 37.6 Å². The second-order valence-corrected chi connectivity index (χ2v) is 4.95. The van der Waals surface area contributed by atoms with Crippen molar-refractivity contribution in [1.29, 1.82) is 0 Å². The highest BCUT2D eigenvalue weighted by atomic mass is 16.1. The molecule has 0 aliphatic heterocycles. The number of carbonyl (C=O) groups excluding carboxylic acids is 1. The highest BCUT2D eigenvalue weighted by Crippen LogP contribution is 2.26. The number of pyridine rings is 1. The van der Waals surface area contributed by atoms with Gasteiger partial charge in [-0.1, -0.05) is 25.1 Å². The molecule has 0 bridgehead atoms. The number of benzene rings is 1. The first kappa shape index (κ1) is 13.4. The maximum atomic E-state index is 11.5. The third kappa shape index (κ3) is 2.29. The first-order valence-electron chi connectivity index (χ1n) is 6.99. The van der Waals surface area contributed by atoms with Gasteiger partial charge in [0.25, 0.3) is 0 Å². The number of aryl methyl sites for hydroxylation is 1. The number of carbonyl (C=O) groups is 1. The van der Waals surface area contributed by atoms with Crippen LogP contribution in [0.5, 0.6) is 0 Å². The van der Waals surface area contributed by atoms with E-state index in [0.29, 0.717) is 11.5 Å². The molecule has 2 heterocycles. The summed E-state index contributed by atoms with van der Waals surface area (Å²) in [5, 5.41) is 0. The lowest BCUT2D eigenvalue weighted by atomic mass is 10.1. The number of imidazole rings is 1. The van der Waals surface area contributed by atoms with Crippen molar-refractivity contribution in [1.82, 2.24) is 9.38 Å². The van der Waals surface area contributed by atoms with Crippen molar-refractivity contribution in [2.24, 2.45) is 0 Å². The maximum absolute atomic E-state index is 11.5. The predicted octanol–water partition coefficient (Wildman–Crippen LogP) is 3.48. The van der Waals surface area contributed by atoms with Gasteiger partial charge in [-0.25, -0.2) is 4.98 Å². The van der Waals surface area contributed by atoms with E-state index in [1.54, 1.807) is 4.40 Å². The van der Waals surface area contributed by atoms with Crippen LogP contribution < -0.4 is 4.90 Å². The standard InChI is InChI=1S/C17H17N3O/c1-3-13-7-9-14(10-8-13)19(2)17-15(12-21)20-11-5-4-6-16(20)18-17/h4-12H,3H2,1-2H3. The number of hydrogen-bond donors (Lipinski definition) is 0. The van der Waals surface area contributed by atoms with Crippen molar-refractivity contribution < 1.29 is 4.79 Å². The number of aromatic nitrogens is 2. The molecule has 0 amide bonds. The van der Waals surface area contributed by atoms with Crippen LogP contribution in [0, 0.1) is 0 Å². The van der Waals surface area contributed by atoms with Gasteiger partial charge in [0.1, 0.15) is 11.3 Å². The lowest BCUT2D eigenvalue weighted by Gasteiger charge is -2.17. The lowest BCUT2D eigenvalue weighted by Crippen LogP contribution is -2.12. The monoisotopic (exact) mass is 279 g/mol. The van der Waals surface area contributed by atoms with Gasteiger partial charge in [0, 0.05) is 18.9 Å². The van der Waals surface area contributed by atoms with Crippen molar-refractivity contribution >= 4 is 23.4 Å². The van der Waals surface area contributed by atoms with Crippen LogP contribution in [-0.4, -0.2) is 22.7 Å².